The summed E-state index contributed by atoms with van der Waals surface area (Å²) in [7, 11) is 0. The van der Waals surface area contributed by atoms with Crippen molar-refractivity contribution in [3.8, 4) is 0 Å². The number of hydrogen-bond donors (Lipinski definition) is 1. The fourth-order valence-electron chi connectivity index (χ4n) is 2.20. The van der Waals surface area contributed by atoms with Gasteiger partial charge in [-0.15, -0.1) is 0 Å². The smallest absolute Gasteiger partial charge is 0.304 e. The summed E-state index contributed by atoms with van der Waals surface area (Å²) in [6.45, 7) is 0. The van der Waals surface area contributed by atoms with E-state index in [1.54, 1.807) is 18.6 Å². The van der Waals surface area contributed by atoms with Crippen LogP contribution in [0.4, 0.5) is 0 Å². The molecule has 0 spiro atoms. The van der Waals surface area contributed by atoms with Gasteiger partial charge in [0.25, 0.3) is 0 Å². The first-order valence-corrected chi connectivity index (χ1v) is 5.21. The minimum atomic E-state index is -0.749. The molecule has 1 aliphatic carbocycles. The number of carbonyl (C=O) groups is 1. The van der Waals surface area contributed by atoms with Gasteiger partial charge in [0, 0.05) is 29.7 Å². The molecule has 0 unspecified atom stereocenters. The quantitative estimate of drug-likeness (QED) is 0.839. The largest absolute Gasteiger partial charge is 0.481 e. The van der Waals surface area contributed by atoms with Gasteiger partial charge in [-0.25, -0.2) is 4.98 Å². The van der Waals surface area contributed by atoms with Crippen molar-refractivity contribution < 1.29 is 9.90 Å². The molecule has 0 bridgehead atoms. The summed E-state index contributed by atoms with van der Waals surface area (Å²) < 4.78 is 1.93. The zero-order chi connectivity index (χ0) is 11.2. The Morgan fingerprint density at radius 3 is 3.00 bits per heavy atom. The van der Waals surface area contributed by atoms with Gasteiger partial charge in [-0.05, 0) is 12.8 Å². The highest BCUT2D eigenvalue weighted by Gasteiger charge is 2.48. The van der Waals surface area contributed by atoms with Crippen molar-refractivity contribution in [1.82, 2.24) is 14.4 Å². The van der Waals surface area contributed by atoms with Crippen molar-refractivity contribution in [2.24, 2.45) is 0 Å². The van der Waals surface area contributed by atoms with Gasteiger partial charge in [0.15, 0.2) is 5.65 Å². The van der Waals surface area contributed by atoms with E-state index >= 15 is 0 Å². The molecule has 3 rings (SSSR count). The van der Waals surface area contributed by atoms with Crippen LogP contribution in [0.25, 0.3) is 5.65 Å². The highest BCUT2D eigenvalue weighted by Crippen LogP contribution is 2.50. The Labute approximate surface area is 91.8 Å². The molecule has 0 radical (unpaired) electrons. The van der Waals surface area contributed by atoms with E-state index in [4.69, 9.17) is 5.11 Å². The van der Waals surface area contributed by atoms with Crippen LogP contribution >= 0.6 is 0 Å². The number of nitrogens with zero attached hydrogens (tertiary/aromatic N) is 3. The number of imidazole rings is 1. The number of carboxylic acids is 1. The van der Waals surface area contributed by atoms with Crippen LogP contribution in [0.1, 0.15) is 25.0 Å². The van der Waals surface area contributed by atoms with Gasteiger partial charge in [0.05, 0.1) is 12.6 Å². The average molecular weight is 217 g/mol. The van der Waals surface area contributed by atoms with Crippen LogP contribution in [0.3, 0.4) is 0 Å². The normalized spacial score (nSPS) is 17.5. The Hall–Kier alpha value is -1.91. The lowest BCUT2D eigenvalue weighted by Crippen LogP contribution is -2.15. The summed E-state index contributed by atoms with van der Waals surface area (Å²) >= 11 is 0. The molecule has 1 N–H and O–H groups in total. The zero-order valence-electron chi connectivity index (χ0n) is 8.63. The van der Waals surface area contributed by atoms with E-state index in [1.807, 2.05) is 10.6 Å². The maximum absolute atomic E-state index is 10.8. The molecular weight excluding hydrogens is 206 g/mol. The molecule has 2 heterocycles. The molecule has 1 aliphatic rings. The number of rotatable bonds is 3. The third-order valence-electron chi connectivity index (χ3n) is 3.20. The molecular formula is C11H11N3O2. The summed E-state index contributed by atoms with van der Waals surface area (Å²) in [5.74, 6) is -0.749. The predicted molar refractivity (Wildman–Crippen MR) is 56.2 cm³/mol. The van der Waals surface area contributed by atoms with Gasteiger partial charge in [0.1, 0.15) is 0 Å². The van der Waals surface area contributed by atoms with E-state index in [0.29, 0.717) is 0 Å². The van der Waals surface area contributed by atoms with Gasteiger partial charge >= 0.3 is 5.97 Å². The van der Waals surface area contributed by atoms with Crippen LogP contribution in [0, 0.1) is 0 Å². The Balaban J connectivity index is 2.09. The summed E-state index contributed by atoms with van der Waals surface area (Å²) in [6, 6.07) is 0. The minimum absolute atomic E-state index is 0.184. The van der Waals surface area contributed by atoms with Gasteiger partial charge in [-0.3, -0.25) is 9.78 Å². The number of aromatic nitrogens is 3. The van der Waals surface area contributed by atoms with Crippen LogP contribution in [-0.4, -0.2) is 25.4 Å². The van der Waals surface area contributed by atoms with Gasteiger partial charge in [0.2, 0.25) is 0 Å². The lowest BCUT2D eigenvalue weighted by Gasteiger charge is -2.11. The molecule has 0 amide bonds. The van der Waals surface area contributed by atoms with E-state index in [1.165, 1.54) is 0 Å². The Kier molecular flexibility index (Phi) is 1.77. The maximum atomic E-state index is 10.8. The summed E-state index contributed by atoms with van der Waals surface area (Å²) in [4.78, 5) is 19.1. The molecule has 82 valence electrons. The number of aliphatic carboxylic acids is 1. The Morgan fingerprint density at radius 2 is 2.31 bits per heavy atom. The third kappa shape index (κ3) is 1.28. The second-order valence-corrected chi connectivity index (χ2v) is 4.30. The van der Waals surface area contributed by atoms with E-state index < -0.39 is 5.97 Å². The number of hydrogen-bond acceptors (Lipinski definition) is 3. The first-order chi connectivity index (χ1) is 7.71. The third-order valence-corrected chi connectivity index (χ3v) is 3.20. The van der Waals surface area contributed by atoms with Gasteiger partial charge in [-0.2, -0.15) is 0 Å². The zero-order valence-corrected chi connectivity index (χ0v) is 8.63. The molecule has 0 aromatic carbocycles. The molecule has 0 atom stereocenters. The second-order valence-electron chi connectivity index (χ2n) is 4.30. The SMILES string of the molecule is O=C(O)CC1(c2cnc3cnccn23)CC1. The summed E-state index contributed by atoms with van der Waals surface area (Å²) in [5, 5.41) is 8.92. The molecule has 5 nitrogen and oxygen atoms in total. The van der Waals surface area contributed by atoms with Crippen LogP contribution in [-0.2, 0) is 10.2 Å². The Morgan fingerprint density at radius 1 is 1.50 bits per heavy atom. The molecule has 1 saturated carbocycles. The first kappa shape index (κ1) is 9.33. The van der Waals surface area contributed by atoms with E-state index in [-0.39, 0.29) is 11.8 Å². The van der Waals surface area contributed by atoms with Crippen molar-refractivity contribution >= 4 is 11.6 Å². The fraction of sp³-hybridized carbons (Fsp3) is 0.364. The molecule has 0 saturated heterocycles. The molecule has 0 aliphatic heterocycles. The van der Waals surface area contributed by atoms with Gasteiger partial charge in [-0.1, -0.05) is 0 Å². The van der Waals surface area contributed by atoms with Gasteiger partial charge < -0.3 is 9.51 Å². The van der Waals surface area contributed by atoms with Crippen molar-refractivity contribution in [2.45, 2.75) is 24.7 Å². The lowest BCUT2D eigenvalue weighted by molar-refractivity contribution is -0.137. The molecule has 16 heavy (non-hydrogen) atoms. The molecule has 5 heteroatoms. The van der Waals surface area contributed by atoms with Crippen LogP contribution in [0.2, 0.25) is 0 Å². The standard InChI is InChI=1S/C11H11N3O2/c15-10(16)5-11(1-2-11)8-6-13-9-7-12-3-4-14(8)9/h3-4,6-7H,1-2,5H2,(H,15,16). The van der Waals surface area contributed by atoms with E-state index in [2.05, 4.69) is 9.97 Å². The van der Waals surface area contributed by atoms with Crippen molar-refractivity contribution in [2.75, 3.05) is 0 Å². The minimum Gasteiger partial charge on any atom is -0.481 e. The highest BCUT2D eigenvalue weighted by molar-refractivity contribution is 5.70. The topological polar surface area (TPSA) is 67.5 Å². The predicted octanol–water partition coefficient (Wildman–Crippen LogP) is 1.24. The molecule has 1 fully saturated rings. The summed E-state index contributed by atoms with van der Waals surface area (Å²) in [6.07, 6.45) is 9.01. The first-order valence-electron chi connectivity index (χ1n) is 5.21. The monoisotopic (exact) mass is 217 g/mol. The fourth-order valence-corrected chi connectivity index (χ4v) is 2.20. The lowest BCUT2D eigenvalue weighted by atomic mass is 9.99. The van der Waals surface area contributed by atoms with Crippen LogP contribution < -0.4 is 0 Å². The average Bonchev–Trinajstić information content (AvgIpc) is 2.89. The van der Waals surface area contributed by atoms with E-state index in [0.717, 1.165) is 24.2 Å². The number of fused-ring (bicyclic) bond motifs is 1. The van der Waals surface area contributed by atoms with Crippen LogP contribution in [0.5, 0.6) is 0 Å². The van der Waals surface area contributed by atoms with Crippen molar-refractivity contribution in [1.29, 1.82) is 0 Å². The Bertz CT molecular complexity index is 557. The van der Waals surface area contributed by atoms with Crippen molar-refractivity contribution in [3.63, 3.8) is 0 Å². The van der Waals surface area contributed by atoms with Crippen molar-refractivity contribution in [3.05, 3.63) is 30.5 Å². The highest BCUT2D eigenvalue weighted by atomic mass is 16.4. The molecule has 2 aromatic heterocycles. The second kappa shape index (κ2) is 3.04. The summed E-state index contributed by atoms with van der Waals surface area (Å²) in [5.41, 5.74) is 1.56. The van der Waals surface area contributed by atoms with Crippen LogP contribution in [0.15, 0.2) is 24.8 Å². The molecule has 2 aromatic rings. The number of carboxylic acid groups (broad SMARTS) is 1. The maximum Gasteiger partial charge on any atom is 0.304 e. The van der Waals surface area contributed by atoms with E-state index in [9.17, 15) is 4.79 Å².